The Bertz CT molecular complexity index is 1210. The normalized spacial score (nSPS) is 11.5. The van der Waals surface area contributed by atoms with Gasteiger partial charge in [0, 0.05) is 19.0 Å². The molecule has 176 valence electrons. The second-order valence-electron chi connectivity index (χ2n) is 7.88. The van der Waals surface area contributed by atoms with Crippen LogP contribution in [-0.2, 0) is 22.6 Å². The van der Waals surface area contributed by atoms with Gasteiger partial charge in [-0.3, -0.25) is 9.59 Å². The first-order valence-electron chi connectivity index (χ1n) is 10.6. The SMILES string of the molecule is CC(=O)N(Cc1cccc(CC(NC(=O)c2c(F)cccc2F)C(=O)O)c1)c1ccccc1C. The van der Waals surface area contributed by atoms with Gasteiger partial charge in [-0.15, -0.1) is 0 Å². The number of rotatable bonds is 8. The Hall–Kier alpha value is -4.07. The lowest BCUT2D eigenvalue weighted by Crippen LogP contribution is -2.43. The van der Waals surface area contributed by atoms with Gasteiger partial charge in [0.1, 0.15) is 23.2 Å². The first kappa shape index (κ1) is 24.6. The van der Waals surface area contributed by atoms with Crippen LogP contribution in [0.15, 0.2) is 66.7 Å². The molecular weight excluding hydrogens is 442 g/mol. The third-order valence-corrected chi connectivity index (χ3v) is 5.35. The third kappa shape index (κ3) is 5.83. The maximum Gasteiger partial charge on any atom is 0.326 e. The summed E-state index contributed by atoms with van der Waals surface area (Å²) in [5.41, 5.74) is 2.20. The van der Waals surface area contributed by atoms with Crippen LogP contribution >= 0.6 is 0 Å². The first-order chi connectivity index (χ1) is 16.2. The summed E-state index contributed by atoms with van der Waals surface area (Å²) in [7, 11) is 0. The number of carbonyl (C=O) groups is 3. The summed E-state index contributed by atoms with van der Waals surface area (Å²) in [6.07, 6.45) is -0.116. The largest absolute Gasteiger partial charge is 0.480 e. The second kappa shape index (κ2) is 10.7. The van der Waals surface area contributed by atoms with Gasteiger partial charge in [0.2, 0.25) is 5.91 Å². The molecule has 0 spiro atoms. The van der Waals surface area contributed by atoms with Crippen LogP contribution in [0.3, 0.4) is 0 Å². The lowest BCUT2D eigenvalue weighted by molar-refractivity contribution is -0.139. The van der Waals surface area contributed by atoms with E-state index in [0.717, 1.165) is 35.0 Å². The molecule has 0 aliphatic rings. The quantitative estimate of drug-likeness (QED) is 0.520. The molecule has 6 nitrogen and oxygen atoms in total. The van der Waals surface area contributed by atoms with Gasteiger partial charge in [0.15, 0.2) is 0 Å². The van der Waals surface area contributed by atoms with Gasteiger partial charge in [-0.05, 0) is 41.8 Å². The van der Waals surface area contributed by atoms with Crippen molar-refractivity contribution in [3.63, 3.8) is 0 Å². The number of carboxylic acid groups (broad SMARTS) is 1. The van der Waals surface area contributed by atoms with E-state index in [1.165, 1.54) is 6.92 Å². The Morgan fingerprint density at radius 3 is 2.18 bits per heavy atom. The van der Waals surface area contributed by atoms with E-state index in [2.05, 4.69) is 5.32 Å². The summed E-state index contributed by atoms with van der Waals surface area (Å²) in [5, 5.41) is 11.8. The number of para-hydroxylation sites is 1. The van der Waals surface area contributed by atoms with Gasteiger partial charge in [0.05, 0.1) is 6.54 Å². The summed E-state index contributed by atoms with van der Waals surface area (Å²) in [6.45, 7) is 3.63. The van der Waals surface area contributed by atoms with E-state index in [-0.39, 0.29) is 18.9 Å². The maximum atomic E-state index is 13.9. The molecular formula is C26H24F2N2O4. The molecule has 0 bridgehead atoms. The van der Waals surface area contributed by atoms with Crippen LogP contribution in [0.2, 0.25) is 0 Å². The summed E-state index contributed by atoms with van der Waals surface area (Å²) in [5.74, 6) is -4.81. The number of aliphatic carboxylic acids is 1. The zero-order valence-corrected chi connectivity index (χ0v) is 18.7. The minimum atomic E-state index is -1.41. The predicted octanol–water partition coefficient (Wildman–Crippen LogP) is 4.25. The monoisotopic (exact) mass is 466 g/mol. The summed E-state index contributed by atoms with van der Waals surface area (Å²) in [6, 6.07) is 16.0. The van der Waals surface area contributed by atoms with Crippen LogP contribution in [0.5, 0.6) is 0 Å². The number of anilines is 1. The van der Waals surface area contributed by atoms with Crippen molar-refractivity contribution in [3.05, 3.63) is 101 Å². The molecule has 3 aromatic carbocycles. The number of carboxylic acids is 1. The Balaban J connectivity index is 1.79. The Kier molecular flexibility index (Phi) is 7.73. The van der Waals surface area contributed by atoms with Gasteiger partial charge >= 0.3 is 5.97 Å². The smallest absolute Gasteiger partial charge is 0.326 e. The van der Waals surface area contributed by atoms with Crippen LogP contribution < -0.4 is 10.2 Å². The number of carbonyl (C=O) groups excluding carboxylic acids is 2. The molecule has 0 aliphatic carbocycles. The van der Waals surface area contributed by atoms with Gasteiger partial charge in [-0.1, -0.05) is 48.5 Å². The Morgan fingerprint density at radius 1 is 0.941 bits per heavy atom. The van der Waals surface area contributed by atoms with E-state index in [9.17, 15) is 28.3 Å². The highest BCUT2D eigenvalue weighted by molar-refractivity contribution is 5.97. The van der Waals surface area contributed by atoms with E-state index >= 15 is 0 Å². The Morgan fingerprint density at radius 2 is 1.56 bits per heavy atom. The number of aryl methyl sites for hydroxylation is 1. The molecule has 2 N–H and O–H groups in total. The van der Waals surface area contributed by atoms with E-state index in [1.807, 2.05) is 31.2 Å². The average molecular weight is 466 g/mol. The molecule has 0 saturated carbocycles. The van der Waals surface area contributed by atoms with Crippen molar-refractivity contribution < 1.29 is 28.3 Å². The first-order valence-corrected chi connectivity index (χ1v) is 10.6. The molecule has 0 heterocycles. The third-order valence-electron chi connectivity index (χ3n) is 5.35. The van der Waals surface area contributed by atoms with Crippen molar-refractivity contribution in [1.82, 2.24) is 5.32 Å². The Labute approximate surface area is 195 Å². The molecule has 3 aromatic rings. The molecule has 0 radical (unpaired) electrons. The topological polar surface area (TPSA) is 86.7 Å². The number of nitrogens with one attached hydrogen (secondary N) is 1. The average Bonchev–Trinajstić information content (AvgIpc) is 2.77. The lowest BCUT2D eigenvalue weighted by Gasteiger charge is -2.23. The van der Waals surface area contributed by atoms with Crippen molar-refractivity contribution in [2.45, 2.75) is 32.9 Å². The lowest BCUT2D eigenvalue weighted by atomic mass is 10.0. The van der Waals surface area contributed by atoms with E-state index in [4.69, 9.17) is 0 Å². The zero-order valence-electron chi connectivity index (χ0n) is 18.7. The van der Waals surface area contributed by atoms with E-state index < -0.39 is 35.1 Å². The number of halogens is 2. The molecule has 8 heteroatoms. The van der Waals surface area contributed by atoms with E-state index in [0.29, 0.717) is 5.56 Å². The molecule has 3 rings (SSSR count). The van der Waals surface area contributed by atoms with Crippen molar-refractivity contribution in [3.8, 4) is 0 Å². The number of amides is 2. The zero-order chi connectivity index (χ0) is 24.8. The summed E-state index contributed by atoms with van der Waals surface area (Å²) in [4.78, 5) is 38.0. The van der Waals surface area contributed by atoms with Crippen LogP contribution in [0.1, 0.15) is 34.0 Å². The molecule has 0 aliphatic heterocycles. The molecule has 1 atom stereocenters. The molecule has 0 saturated heterocycles. The fraction of sp³-hybridized carbons (Fsp3) is 0.192. The van der Waals surface area contributed by atoms with Crippen molar-refractivity contribution in [1.29, 1.82) is 0 Å². The highest BCUT2D eigenvalue weighted by Gasteiger charge is 2.25. The second-order valence-corrected chi connectivity index (χ2v) is 7.88. The van der Waals surface area contributed by atoms with Gasteiger partial charge in [-0.2, -0.15) is 0 Å². The number of hydrogen-bond donors (Lipinski definition) is 2. The van der Waals surface area contributed by atoms with Gasteiger partial charge in [0.25, 0.3) is 5.91 Å². The van der Waals surface area contributed by atoms with Crippen molar-refractivity contribution in [2.24, 2.45) is 0 Å². The molecule has 0 aromatic heterocycles. The molecule has 1 unspecified atom stereocenters. The standard InChI is InChI=1S/C26H24F2N2O4/c1-16-7-3-4-12-23(16)30(17(2)31)15-19-9-5-8-18(13-19)14-22(26(33)34)29-25(32)24-20(27)10-6-11-21(24)28/h3-13,22H,14-15H2,1-2H3,(H,29,32)(H,33,34). The molecule has 0 fully saturated rings. The molecule has 34 heavy (non-hydrogen) atoms. The van der Waals surface area contributed by atoms with Gasteiger partial charge < -0.3 is 15.3 Å². The molecule has 2 amide bonds. The minimum Gasteiger partial charge on any atom is -0.480 e. The van der Waals surface area contributed by atoms with E-state index in [1.54, 1.807) is 29.2 Å². The van der Waals surface area contributed by atoms with Crippen LogP contribution in [0, 0.1) is 18.6 Å². The predicted molar refractivity (Wildman–Crippen MR) is 123 cm³/mol. The van der Waals surface area contributed by atoms with Gasteiger partial charge in [-0.25, -0.2) is 13.6 Å². The maximum absolute atomic E-state index is 13.9. The minimum absolute atomic E-state index is 0.116. The summed E-state index contributed by atoms with van der Waals surface area (Å²) >= 11 is 0. The highest BCUT2D eigenvalue weighted by Crippen LogP contribution is 2.22. The van der Waals surface area contributed by atoms with Crippen LogP contribution in [-0.4, -0.2) is 28.9 Å². The van der Waals surface area contributed by atoms with Crippen LogP contribution in [0.4, 0.5) is 14.5 Å². The summed E-state index contributed by atoms with van der Waals surface area (Å²) < 4.78 is 27.8. The van der Waals surface area contributed by atoms with Crippen molar-refractivity contribution in [2.75, 3.05) is 4.90 Å². The fourth-order valence-corrected chi connectivity index (χ4v) is 3.65. The highest BCUT2D eigenvalue weighted by atomic mass is 19.1. The number of nitrogens with zero attached hydrogens (tertiary/aromatic N) is 1. The number of hydrogen-bond acceptors (Lipinski definition) is 3. The van der Waals surface area contributed by atoms with Crippen LogP contribution in [0.25, 0.3) is 0 Å². The number of benzene rings is 3. The van der Waals surface area contributed by atoms with Crippen molar-refractivity contribution >= 4 is 23.5 Å². The fourth-order valence-electron chi connectivity index (χ4n) is 3.65.